The number of hydrogen-bond donors (Lipinski definition) is 1. The summed E-state index contributed by atoms with van der Waals surface area (Å²) >= 11 is 2.34. The van der Waals surface area contributed by atoms with Gasteiger partial charge in [-0.25, -0.2) is 4.39 Å². The maximum absolute atomic E-state index is 15.5. The highest BCUT2D eigenvalue weighted by atomic mass is 32.2. The Balaban J connectivity index is 1.21. The van der Waals surface area contributed by atoms with Crippen molar-refractivity contribution in [3.8, 4) is 0 Å². The lowest BCUT2D eigenvalue weighted by molar-refractivity contribution is -0.202. The largest absolute Gasteiger partial charge is 0.447 e. The molecular weight excluding hydrogens is 710 g/mol. The van der Waals surface area contributed by atoms with Crippen LogP contribution in [0.2, 0.25) is 0 Å². The van der Waals surface area contributed by atoms with E-state index in [1.54, 1.807) is 36.0 Å². The molecule has 4 atom stereocenters. The van der Waals surface area contributed by atoms with E-state index in [1.165, 1.54) is 26.0 Å². The molecular formula is C37H39F3O7S3. The van der Waals surface area contributed by atoms with Gasteiger partial charge in [-0.05, 0) is 125 Å². The lowest BCUT2D eigenvalue weighted by Gasteiger charge is -2.59. The fraction of sp³-hybridized carbons (Fsp3) is 0.459. The number of alkyl halides is 3. The second-order valence-electron chi connectivity index (χ2n) is 14.0. The van der Waals surface area contributed by atoms with Gasteiger partial charge in [-0.15, -0.1) is 0 Å². The normalized spacial score (nSPS) is 26.3. The summed E-state index contributed by atoms with van der Waals surface area (Å²) in [6.07, 6.45) is -1.29. The van der Waals surface area contributed by atoms with E-state index in [2.05, 4.69) is 4.18 Å². The summed E-state index contributed by atoms with van der Waals surface area (Å²) in [6, 6.07) is 23.1. The molecule has 13 heteroatoms. The number of aliphatic hydroxyl groups is 1. The Kier molecular flexibility index (Phi) is 10.3. The number of rotatable bonds is 14. The number of hydrogen-bond acceptors (Lipinski definition) is 9. The van der Waals surface area contributed by atoms with Crippen LogP contribution in [-0.4, -0.2) is 53.8 Å². The first-order valence-corrected chi connectivity index (χ1v) is 19.6. The number of benzene rings is 3. The average Bonchev–Trinajstić information content (AvgIpc) is 3.04. The van der Waals surface area contributed by atoms with Crippen molar-refractivity contribution in [3.63, 3.8) is 0 Å². The summed E-state index contributed by atoms with van der Waals surface area (Å²) in [4.78, 5) is 27.6. The quantitative estimate of drug-likeness (QED) is 0.0572. The highest BCUT2D eigenvalue weighted by Crippen LogP contribution is 2.62. The van der Waals surface area contributed by atoms with Gasteiger partial charge in [0.05, 0.1) is 17.6 Å². The van der Waals surface area contributed by atoms with E-state index in [-0.39, 0.29) is 24.0 Å². The molecule has 0 heterocycles. The zero-order valence-electron chi connectivity index (χ0n) is 27.6. The van der Waals surface area contributed by atoms with E-state index >= 15 is 4.39 Å². The van der Waals surface area contributed by atoms with Crippen LogP contribution >= 0.6 is 23.5 Å². The van der Waals surface area contributed by atoms with E-state index in [1.807, 2.05) is 42.5 Å². The first kappa shape index (κ1) is 36.9. The molecule has 0 saturated heterocycles. The molecule has 7 rings (SSSR count). The average molecular weight is 749 g/mol. The van der Waals surface area contributed by atoms with Crippen molar-refractivity contribution in [2.24, 2.45) is 17.3 Å². The van der Waals surface area contributed by atoms with Crippen LogP contribution in [0.3, 0.4) is 0 Å². The molecule has 3 aromatic rings. The SMILES string of the molecule is CCOS(=O)(=O)C(F)(F)C(F)CC(C)(OC(=O)C12CC3CC(CC(O)(C3)C1)C2)Sc1ccc(C(=O)c2ccc(Sc3ccccc3)cc2)cc1. The van der Waals surface area contributed by atoms with Gasteiger partial charge in [-0.3, -0.25) is 13.8 Å². The van der Waals surface area contributed by atoms with Crippen LogP contribution in [0, 0.1) is 17.3 Å². The van der Waals surface area contributed by atoms with Crippen LogP contribution in [0.5, 0.6) is 0 Å². The maximum Gasteiger partial charge on any atom is 0.400 e. The maximum atomic E-state index is 15.5. The molecule has 4 unspecified atom stereocenters. The Labute approximate surface area is 298 Å². The van der Waals surface area contributed by atoms with E-state index in [0.29, 0.717) is 41.7 Å². The predicted octanol–water partition coefficient (Wildman–Crippen LogP) is 8.44. The van der Waals surface area contributed by atoms with Crippen LogP contribution < -0.4 is 0 Å². The van der Waals surface area contributed by atoms with Gasteiger partial charge in [0, 0.05) is 32.2 Å². The lowest BCUT2D eigenvalue weighted by Crippen LogP contribution is -2.59. The zero-order valence-corrected chi connectivity index (χ0v) is 30.1. The minimum atomic E-state index is -5.62. The van der Waals surface area contributed by atoms with Crippen molar-refractivity contribution in [1.82, 2.24) is 0 Å². The van der Waals surface area contributed by atoms with Crippen LogP contribution in [0.1, 0.15) is 74.7 Å². The number of carbonyl (C=O) groups is 2. The van der Waals surface area contributed by atoms with Gasteiger partial charge in [0.1, 0.15) is 0 Å². The molecule has 268 valence electrons. The van der Waals surface area contributed by atoms with Crippen molar-refractivity contribution in [3.05, 3.63) is 90.0 Å². The van der Waals surface area contributed by atoms with Gasteiger partial charge in [0.15, 0.2) is 16.9 Å². The molecule has 0 aromatic heterocycles. The highest BCUT2D eigenvalue weighted by Gasteiger charge is 2.62. The van der Waals surface area contributed by atoms with Gasteiger partial charge < -0.3 is 9.84 Å². The summed E-state index contributed by atoms with van der Waals surface area (Å²) < 4.78 is 79.9. The molecule has 0 spiro atoms. The Morgan fingerprint density at radius 1 is 0.900 bits per heavy atom. The molecule has 4 bridgehead atoms. The summed E-state index contributed by atoms with van der Waals surface area (Å²) in [5, 5.41) is 6.27. The van der Waals surface area contributed by atoms with Gasteiger partial charge in [0.2, 0.25) is 0 Å². The first-order chi connectivity index (χ1) is 23.5. The molecule has 50 heavy (non-hydrogen) atoms. The van der Waals surface area contributed by atoms with E-state index in [4.69, 9.17) is 4.74 Å². The second-order valence-corrected chi connectivity index (χ2v) is 18.4. The topological polar surface area (TPSA) is 107 Å². The Hall–Kier alpha value is -2.84. The fourth-order valence-corrected chi connectivity index (χ4v) is 10.9. The molecule has 4 fully saturated rings. The molecule has 4 aliphatic rings. The molecule has 0 radical (unpaired) electrons. The smallest absolute Gasteiger partial charge is 0.400 e. The molecule has 4 saturated carbocycles. The number of esters is 1. The second kappa shape index (κ2) is 13.9. The van der Waals surface area contributed by atoms with Gasteiger partial charge in [-0.1, -0.05) is 41.7 Å². The van der Waals surface area contributed by atoms with Crippen molar-refractivity contribution in [1.29, 1.82) is 0 Å². The third-order valence-corrected chi connectivity index (χ3v) is 13.5. The number of halogens is 3. The van der Waals surface area contributed by atoms with Crippen molar-refractivity contribution in [2.45, 2.75) is 95.4 Å². The summed E-state index contributed by atoms with van der Waals surface area (Å²) in [6.45, 7) is 1.85. The molecule has 3 aromatic carbocycles. The van der Waals surface area contributed by atoms with Crippen LogP contribution in [0.15, 0.2) is 93.5 Å². The van der Waals surface area contributed by atoms with Crippen molar-refractivity contribution in [2.75, 3.05) is 6.61 Å². The first-order valence-electron chi connectivity index (χ1n) is 16.6. The van der Waals surface area contributed by atoms with Gasteiger partial charge in [0.25, 0.3) is 0 Å². The Morgan fingerprint density at radius 3 is 1.98 bits per heavy atom. The minimum absolute atomic E-state index is 0.117. The Morgan fingerprint density at radius 2 is 1.44 bits per heavy atom. The van der Waals surface area contributed by atoms with Gasteiger partial charge in [-0.2, -0.15) is 17.2 Å². The van der Waals surface area contributed by atoms with Gasteiger partial charge >= 0.3 is 21.3 Å². The third kappa shape index (κ3) is 7.67. The number of carbonyl (C=O) groups excluding carboxylic acids is 2. The monoisotopic (exact) mass is 748 g/mol. The standard InChI is InChI=1S/C37H39F3O7S3/c1-3-46-50(44,45)37(39,40)31(38)22-34(2,47-33(42)35-18-24-17-25(19-35)21-36(43,20-24)23-35)49-30-15-11-27(12-16-30)32(41)26-9-13-29(14-10-26)48-28-7-5-4-6-8-28/h4-16,24-25,31,43H,3,17-23H2,1-2H3. The van der Waals surface area contributed by atoms with E-state index in [0.717, 1.165) is 28.0 Å². The molecule has 0 amide bonds. The predicted molar refractivity (Wildman–Crippen MR) is 184 cm³/mol. The molecule has 1 N–H and O–H groups in total. The third-order valence-electron chi connectivity index (χ3n) is 9.84. The van der Waals surface area contributed by atoms with E-state index < -0.39 is 56.5 Å². The Bertz CT molecular complexity index is 1810. The summed E-state index contributed by atoms with van der Waals surface area (Å²) in [7, 11) is -5.62. The van der Waals surface area contributed by atoms with Crippen molar-refractivity contribution < 1.29 is 45.2 Å². The molecule has 0 aliphatic heterocycles. The van der Waals surface area contributed by atoms with Crippen LogP contribution in [0.25, 0.3) is 0 Å². The number of ether oxygens (including phenoxy) is 1. The highest BCUT2D eigenvalue weighted by molar-refractivity contribution is 8.00. The molecule has 7 nitrogen and oxygen atoms in total. The van der Waals surface area contributed by atoms with E-state index in [9.17, 15) is 31.9 Å². The number of thioether (sulfide) groups is 1. The summed E-state index contributed by atoms with van der Waals surface area (Å²) in [5.74, 6) is -0.738. The van der Waals surface area contributed by atoms with Crippen molar-refractivity contribution >= 4 is 45.4 Å². The molecule has 4 aliphatic carbocycles. The zero-order chi connectivity index (χ0) is 36.0. The van der Waals surface area contributed by atoms with Crippen LogP contribution in [0.4, 0.5) is 13.2 Å². The number of ketones is 1. The fourth-order valence-electron chi connectivity index (χ4n) is 8.09. The summed E-state index contributed by atoms with van der Waals surface area (Å²) in [5.41, 5.74) is -1.26. The van der Waals surface area contributed by atoms with Crippen LogP contribution in [-0.2, 0) is 23.8 Å². The lowest BCUT2D eigenvalue weighted by atomic mass is 9.48. The minimum Gasteiger partial charge on any atom is -0.447 e.